The van der Waals surface area contributed by atoms with Crippen molar-refractivity contribution in [1.82, 2.24) is 5.32 Å². The van der Waals surface area contributed by atoms with Crippen LogP contribution in [0.5, 0.6) is 0 Å². The SMILES string of the molecule is CCN(CCNC(=O)COC(=O)C1(c2ccccc2)CC1)c1cccc(C)c1. The van der Waals surface area contributed by atoms with E-state index >= 15 is 0 Å². The molecule has 0 aromatic heterocycles. The molecule has 2 aromatic carbocycles. The van der Waals surface area contributed by atoms with E-state index in [1.54, 1.807) is 0 Å². The van der Waals surface area contributed by atoms with Crippen LogP contribution in [0.1, 0.15) is 30.9 Å². The Morgan fingerprint density at radius 3 is 2.50 bits per heavy atom. The Labute approximate surface area is 166 Å². The number of ether oxygens (including phenoxy) is 1. The fourth-order valence-corrected chi connectivity index (χ4v) is 3.44. The summed E-state index contributed by atoms with van der Waals surface area (Å²) in [6.07, 6.45) is 1.55. The van der Waals surface area contributed by atoms with Gasteiger partial charge in [-0.2, -0.15) is 0 Å². The average Bonchev–Trinajstić information content (AvgIpc) is 3.52. The van der Waals surface area contributed by atoms with Gasteiger partial charge < -0.3 is 15.0 Å². The molecule has 1 amide bonds. The number of likely N-dealkylation sites (N-methyl/N-ethyl adjacent to an activating group) is 1. The lowest BCUT2D eigenvalue weighted by Crippen LogP contribution is -2.37. The van der Waals surface area contributed by atoms with E-state index in [0.717, 1.165) is 30.6 Å². The molecule has 1 aliphatic rings. The lowest BCUT2D eigenvalue weighted by atomic mass is 9.96. The minimum Gasteiger partial charge on any atom is -0.455 e. The molecule has 0 radical (unpaired) electrons. The molecule has 1 aliphatic carbocycles. The molecule has 0 unspecified atom stereocenters. The molecule has 3 rings (SSSR count). The first-order valence-corrected chi connectivity index (χ1v) is 9.86. The molecule has 0 heterocycles. The molecule has 5 heteroatoms. The second-order valence-electron chi connectivity index (χ2n) is 7.29. The van der Waals surface area contributed by atoms with E-state index in [1.165, 1.54) is 5.56 Å². The number of hydrogen-bond donors (Lipinski definition) is 1. The number of carbonyl (C=O) groups is 2. The zero-order valence-electron chi connectivity index (χ0n) is 16.6. The number of benzene rings is 2. The van der Waals surface area contributed by atoms with Crippen LogP contribution >= 0.6 is 0 Å². The molecule has 148 valence electrons. The van der Waals surface area contributed by atoms with Gasteiger partial charge in [-0.1, -0.05) is 42.5 Å². The molecule has 28 heavy (non-hydrogen) atoms. The summed E-state index contributed by atoms with van der Waals surface area (Å²) in [6, 6.07) is 17.9. The standard InChI is InChI=1S/C23H28N2O3/c1-3-25(20-11-7-8-18(2)16-20)15-14-24-21(26)17-28-22(27)23(12-13-23)19-9-5-4-6-10-19/h4-11,16H,3,12-15,17H2,1-2H3,(H,24,26). The number of nitrogens with one attached hydrogen (secondary N) is 1. The fourth-order valence-electron chi connectivity index (χ4n) is 3.44. The summed E-state index contributed by atoms with van der Waals surface area (Å²) in [5, 5.41) is 2.84. The summed E-state index contributed by atoms with van der Waals surface area (Å²) in [6.45, 7) is 5.98. The molecular weight excluding hydrogens is 352 g/mol. The predicted molar refractivity (Wildman–Crippen MR) is 110 cm³/mol. The molecule has 0 spiro atoms. The van der Waals surface area contributed by atoms with Crippen LogP contribution < -0.4 is 10.2 Å². The topological polar surface area (TPSA) is 58.6 Å². The van der Waals surface area contributed by atoms with Gasteiger partial charge in [0.2, 0.25) is 0 Å². The highest BCUT2D eigenvalue weighted by Crippen LogP contribution is 2.49. The maximum absolute atomic E-state index is 12.5. The normalized spacial score (nSPS) is 14.2. The molecule has 2 aromatic rings. The predicted octanol–water partition coefficient (Wildman–Crippen LogP) is 3.21. The minimum absolute atomic E-state index is 0.232. The third-order valence-corrected chi connectivity index (χ3v) is 5.25. The van der Waals surface area contributed by atoms with Crippen molar-refractivity contribution in [1.29, 1.82) is 0 Å². The van der Waals surface area contributed by atoms with Gasteiger partial charge in [0.15, 0.2) is 6.61 Å². The van der Waals surface area contributed by atoms with Crippen molar-refractivity contribution in [2.24, 2.45) is 0 Å². The summed E-state index contributed by atoms with van der Waals surface area (Å²) in [7, 11) is 0. The van der Waals surface area contributed by atoms with E-state index in [4.69, 9.17) is 4.74 Å². The number of aryl methyl sites for hydroxylation is 1. The van der Waals surface area contributed by atoms with Gasteiger partial charge in [0.1, 0.15) is 0 Å². The zero-order chi connectivity index (χ0) is 20.0. The number of carbonyl (C=O) groups excluding carboxylic acids is 2. The lowest BCUT2D eigenvalue weighted by molar-refractivity contribution is -0.151. The van der Waals surface area contributed by atoms with Crippen molar-refractivity contribution in [3.05, 3.63) is 65.7 Å². The Balaban J connectivity index is 1.43. The van der Waals surface area contributed by atoms with Crippen LogP contribution in [0, 0.1) is 6.92 Å². The van der Waals surface area contributed by atoms with E-state index in [0.29, 0.717) is 13.1 Å². The van der Waals surface area contributed by atoms with Crippen molar-refractivity contribution in [3.8, 4) is 0 Å². The summed E-state index contributed by atoms with van der Waals surface area (Å²) in [4.78, 5) is 26.8. The van der Waals surface area contributed by atoms with Crippen LogP contribution in [0.3, 0.4) is 0 Å². The second-order valence-corrected chi connectivity index (χ2v) is 7.29. The molecule has 1 N–H and O–H groups in total. The molecule has 0 saturated heterocycles. The first kappa shape index (κ1) is 19.9. The first-order valence-electron chi connectivity index (χ1n) is 9.86. The van der Waals surface area contributed by atoms with Crippen molar-refractivity contribution in [3.63, 3.8) is 0 Å². The van der Waals surface area contributed by atoms with Crippen LogP contribution in [0.4, 0.5) is 5.69 Å². The van der Waals surface area contributed by atoms with Gasteiger partial charge in [-0.3, -0.25) is 9.59 Å². The summed E-state index contributed by atoms with van der Waals surface area (Å²) >= 11 is 0. The second kappa shape index (κ2) is 8.91. The van der Waals surface area contributed by atoms with Crippen LogP contribution in [-0.4, -0.2) is 38.1 Å². The van der Waals surface area contributed by atoms with Crippen molar-refractivity contribution in [2.45, 2.75) is 32.1 Å². The number of anilines is 1. The highest BCUT2D eigenvalue weighted by atomic mass is 16.5. The van der Waals surface area contributed by atoms with E-state index in [-0.39, 0.29) is 18.5 Å². The molecule has 1 fully saturated rings. The highest BCUT2D eigenvalue weighted by molar-refractivity contribution is 5.88. The largest absolute Gasteiger partial charge is 0.455 e. The molecule has 0 atom stereocenters. The van der Waals surface area contributed by atoms with Gasteiger partial charge in [-0.05, 0) is 49.9 Å². The first-order chi connectivity index (χ1) is 13.5. The Kier molecular flexibility index (Phi) is 6.34. The Morgan fingerprint density at radius 2 is 1.86 bits per heavy atom. The van der Waals surface area contributed by atoms with E-state index in [2.05, 4.69) is 42.3 Å². The lowest BCUT2D eigenvalue weighted by Gasteiger charge is -2.23. The highest BCUT2D eigenvalue weighted by Gasteiger charge is 2.52. The van der Waals surface area contributed by atoms with E-state index < -0.39 is 5.41 Å². The third-order valence-electron chi connectivity index (χ3n) is 5.25. The fraction of sp³-hybridized carbons (Fsp3) is 0.391. The number of nitrogens with zero attached hydrogens (tertiary/aromatic N) is 1. The van der Waals surface area contributed by atoms with Gasteiger partial charge >= 0.3 is 5.97 Å². The Morgan fingerprint density at radius 1 is 1.11 bits per heavy atom. The number of amides is 1. The summed E-state index contributed by atoms with van der Waals surface area (Å²) in [5.74, 6) is -0.568. The monoisotopic (exact) mass is 380 g/mol. The third kappa shape index (κ3) is 4.71. The molecule has 5 nitrogen and oxygen atoms in total. The van der Waals surface area contributed by atoms with Gasteiger partial charge in [-0.15, -0.1) is 0 Å². The van der Waals surface area contributed by atoms with Crippen LogP contribution in [0.2, 0.25) is 0 Å². The van der Waals surface area contributed by atoms with Crippen LogP contribution in [0.25, 0.3) is 0 Å². The van der Waals surface area contributed by atoms with E-state index in [1.807, 2.05) is 36.4 Å². The average molecular weight is 380 g/mol. The molecular formula is C23H28N2O3. The molecule has 0 aliphatic heterocycles. The van der Waals surface area contributed by atoms with Crippen molar-refractivity contribution < 1.29 is 14.3 Å². The van der Waals surface area contributed by atoms with Gasteiger partial charge in [0.25, 0.3) is 5.91 Å². The summed E-state index contributed by atoms with van der Waals surface area (Å²) in [5.41, 5.74) is 2.77. The maximum atomic E-state index is 12.5. The Bertz CT molecular complexity index is 816. The van der Waals surface area contributed by atoms with Crippen molar-refractivity contribution >= 4 is 17.6 Å². The van der Waals surface area contributed by atoms with Gasteiger partial charge in [-0.25, -0.2) is 0 Å². The minimum atomic E-state index is -0.550. The summed E-state index contributed by atoms with van der Waals surface area (Å²) < 4.78 is 5.31. The van der Waals surface area contributed by atoms with E-state index in [9.17, 15) is 9.59 Å². The van der Waals surface area contributed by atoms with Crippen molar-refractivity contribution in [2.75, 3.05) is 31.1 Å². The zero-order valence-corrected chi connectivity index (χ0v) is 16.6. The van der Waals surface area contributed by atoms with Crippen LogP contribution in [0.15, 0.2) is 54.6 Å². The Hall–Kier alpha value is -2.82. The van der Waals surface area contributed by atoms with Gasteiger partial charge in [0.05, 0.1) is 5.41 Å². The smallest absolute Gasteiger partial charge is 0.317 e. The van der Waals surface area contributed by atoms with Gasteiger partial charge in [0, 0.05) is 25.3 Å². The number of esters is 1. The molecule has 0 bridgehead atoms. The van der Waals surface area contributed by atoms with Crippen LogP contribution in [-0.2, 0) is 19.7 Å². The maximum Gasteiger partial charge on any atom is 0.317 e. The quantitative estimate of drug-likeness (QED) is 0.679. The molecule has 1 saturated carbocycles. The number of hydrogen-bond acceptors (Lipinski definition) is 4. The number of rotatable bonds is 9.